The fraction of sp³-hybridized carbons (Fsp3) is 0.119. The summed E-state index contributed by atoms with van der Waals surface area (Å²) in [6, 6.07) is 38.0. The third kappa shape index (κ3) is 3.64. The van der Waals surface area contributed by atoms with E-state index in [4.69, 9.17) is 4.98 Å². The highest BCUT2D eigenvalue weighted by molar-refractivity contribution is 6.14. The standard InChI is InChI=1S/C42H32N4/c1-2-15-30(16-3-1)44-37-21-10-6-17-31(37)33-25-26-34-32-18-7-11-22-38(32)46(42(34)41(33)44)40-24-12-23-39(43-40)45-35-19-8-4-13-28(35)27-29-14-5-9-20-36(29)45/h1-15,17-26,30,32,38H,16,27H2. The number of benzene rings is 4. The summed E-state index contributed by atoms with van der Waals surface area (Å²) in [6.07, 6.45) is 20.0. The Balaban J connectivity index is 1.22. The number of pyridine rings is 1. The normalized spacial score (nSPS) is 20.7. The minimum atomic E-state index is 0.141. The Morgan fingerprint density at radius 3 is 2.17 bits per heavy atom. The lowest BCUT2D eigenvalue weighted by atomic mass is 9.91. The van der Waals surface area contributed by atoms with E-state index in [0.29, 0.717) is 0 Å². The van der Waals surface area contributed by atoms with E-state index in [2.05, 4.69) is 166 Å². The van der Waals surface area contributed by atoms with Crippen molar-refractivity contribution in [2.24, 2.45) is 0 Å². The highest BCUT2D eigenvalue weighted by atomic mass is 15.3. The van der Waals surface area contributed by atoms with Crippen LogP contribution in [-0.2, 0) is 6.42 Å². The number of allylic oxidation sites excluding steroid dienone is 6. The topological polar surface area (TPSA) is 24.3 Å². The molecule has 0 radical (unpaired) electrons. The Kier molecular flexibility index (Phi) is 5.56. The molecule has 4 heterocycles. The summed E-state index contributed by atoms with van der Waals surface area (Å²) in [5.41, 5.74) is 10.2. The van der Waals surface area contributed by atoms with Gasteiger partial charge in [0, 0.05) is 28.6 Å². The zero-order valence-corrected chi connectivity index (χ0v) is 25.4. The van der Waals surface area contributed by atoms with Gasteiger partial charge in [-0.1, -0.05) is 121 Å². The molecule has 6 aromatic rings. The average molecular weight is 593 g/mol. The number of para-hydroxylation sites is 3. The smallest absolute Gasteiger partial charge is 0.140 e. The Bertz CT molecular complexity index is 2270. The molecule has 0 spiro atoms. The predicted molar refractivity (Wildman–Crippen MR) is 190 cm³/mol. The highest BCUT2D eigenvalue weighted by Crippen LogP contribution is 2.53. The van der Waals surface area contributed by atoms with Crippen LogP contribution < -0.4 is 9.80 Å². The summed E-state index contributed by atoms with van der Waals surface area (Å²) in [5, 5.41) is 2.59. The number of rotatable bonds is 3. The maximum absolute atomic E-state index is 5.53. The molecule has 0 saturated heterocycles. The first-order chi connectivity index (χ1) is 22.8. The number of nitrogens with zero attached hydrogens (tertiary/aromatic N) is 4. The molecule has 2 aliphatic carbocycles. The van der Waals surface area contributed by atoms with E-state index >= 15 is 0 Å². The van der Waals surface area contributed by atoms with Crippen molar-refractivity contribution in [3.05, 3.63) is 168 Å². The number of fused-ring (bicyclic) bond motifs is 9. The fourth-order valence-electron chi connectivity index (χ4n) is 8.27. The molecule has 4 heteroatoms. The Hall–Kier alpha value is -5.61. The first-order valence-corrected chi connectivity index (χ1v) is 16.3. The summed E-state index contributed by atoms with van der Waals surface area (Å²) in [7, 11) is 0. The molecule has 2 aliphatic heterocycles. The van der Waals surface area contributed by atoms with Gasteiger partial charge in [0.2, 0.25) is 0 Å². The van der Waals surface area contributed by atoms with Gasteiger partial charge in [-0.25, -0.2) is 4.98 Å². The second-order valence-corrected chi connectivity index (χ2v) is 12.7. The molecule has 2 aromatic heterocycles. The summed E-state index contributed by atoms with van der Waals surface area (Å²) >= 11 is 0. The largest absolute Gasteiger partial charge is 0.331 e. The molecular weight excluding hydrogens is 560 g/mol. The summed E-state index contributed by atoms with van der Waals surface area (Å²) in [6.45, 7) is 0. The van der Waals surface area contributed by atoms with Crippen molar-refractivity contribution in [2.75, 3.05) is 9.80 Å². The Morgan fingerprint density at radius 1 is 0.609 bits per heavy atom. The molecule has 0 bridgehead atoms. The fourth-order valence-corrected chi connectivity index (χ4v) is 8.27. The molecule has 4 nitrogen and oxygen atoms in total. The molecule has 4 aromatic carbocycles. The molecule has 3 atom stereocenters. The minimum Gasteiger partial charge on any atom is -0.331 e. The molecule has 0 fully saturated rings. The van der Waals surface area contributed by atoms with Crippen LogP contribution in [0, 0.1) is 0 Å². The molecule has 0 saturated carbocycles. The summed E-state index contributed by atoms with van der Waals surface area (Å²) in [4.78, 5) is 10.4. The van der Waals surface area contributed by atoms with E-state index in [1.807, 2.05) is 0 Å². The molecule has 10 rings (SSSR count). The van der Waals surface area contributed by atoms with E-state index in [-0.39, 0.29) is 18.0 Å². The summed E-state index contributed by atoms with van der Waals surface area (Å²) < 4.78 is 2.59. The van der Waals surface area contributed by atoms with Crippen molar-refractivity contribution in [3.8, 4) is 0 Å². The zero-order valence-electron chi connectivity index (χ0n) is 25.4. The van der Waals surface area contributed by atoms with Crippen LogP contribution in [0.4, 0.5) is 28.7 Å². The van der Waals surface area contributed by atoms with Gasteiger partial charge in [0.15, 0.2) is 0 Å². The van der Waals surface area contributed by atoms with Crippen LogP contribution in [0.1, 0.15) is 35.1 Å². The van der Waals surface area contributed by atoms with Gasteiger partial charge in [-0.3, -0.25) is 4.90 Å². The molecule has 0 amide bonds. The van der Waals surface area contributed by atoms with Gasteiger partial charge in [-0.2, -0.15) is 0 Å². The monoisotopic (exact) mass is 592 g/mol. The number of aromatic nitrogens is 2. The lowest BCUT2D eigenvalue weighted by molar-refractivity contribution is 0.647. The van der Waals surface area contributed by atoms with Crippen LogP contribution in [0.3, 0.4) is 0 Å². The second-order valence-electron chi connectivity index (χ2n) is 12.7. The lowest BCUT2D eigenvalue weighted by Gasteiger charge is -2.34. The summed E-state index contributed by atoms with van der Waals surface area (Å²) in [5.74, 6) is 2.15. The van der Waals surface area contributed by atoms with Crippen molar-refractivity contribution in [2.45, 2.75) is 30.8 Å². The van der Waals surface area contributed by atoms with Crippen molar-refractivity contribution in [1.29, 1.82) is 0 Å². The zero-order chi connectivity index (χ0) is 30.2. The van der Waals surface area contributed by atoms with Crippen LogP contribution >= 0.6 is 0 Å². The molecule has 0 N–H and O–H groups in total. The van der Waals surface area contributed by atoms with E-state index in [0.717, 1.165) is 24.5 Å². The average Bonchev–Trinajstić information content (AvgIpc) is 3.64. The third-order valence-corrected chi connectivity index (χ3v) is 10.2. The van der Waals surface area contributed by atoms with E-state index in [1.165, 1.54) is 55.6 Å². The molecule has 3 unspecified atom stereocenters. The first kappa shape index (κ1) is 25.7. The Labute approximate surface area is 268 Å². The van der Waals surface area contributed by atoms with E-state index < -0.39 is 0 Å². The quantitative estimate of drug-likeness (QED) is 0.204. The van der Waals surface area contributed by atoms with Crippen LogP contribution in [-0.4, -0.2) is 15.6 Å². The highest BCUT2D eigenvalue weighted by Gasteiger charge is 2.41. The van der Waals surface area contributed by atoms with Gasteiger partial charge in [0.05, 0.1) is 34.7 Å². The number of anilines is 5. The minimum absolute atomic E-state index is 0.141. The maximum atomic E-state index is 5.53. The molecular formula is C42H32N4. The maximum Gasteiger partial charge on any atom is 0.140 e. The van der Waals surface area contributed by atoms with Crippen LogP contribution in [0.25, 0.3) is 21.8 Å². The van der Waals surface area contributed by atoms with E-state index in [9.17, 15) is 0 Å². The Morgan fingerprint density at radius 2 is 1.35 bits per heavy atom. The van der Waals surface area contributed by atoms with Crippen molar-refractivity contribution >= 4 is 50.5 Å². The number of hydrogen-bond acceptors (Lipinski definition) is 3. The van der Waals surface area contributed by atoms with Crippen molar-refractivity contribution < 1.29 is 0 Å². The first-order valence-electron chi connectivity index (χ1n) is 16.3. The van der Waals surface area contributed by atoms with Gasteiger partial charge < -0.3 is 9.47 Å². The third-order valence-electron chi connectivity index (χ3n) is 10.2. The second kappa shape index (κ2) is 9.95. The van der Waals surface area contributed by atoms with Crippen molar-refractivity contribution in [1.82, 2.24) is 9.55 Å². The van der Waals surface area contributed by atoms with Crippen LogP contribution in [0.2, 0.25) is 0 Å². The van der Waals surface area contributed by atoms with Crippen molar-refractivity contribution in [3.63, 3.8) is 0 Å². The van der Waals surface area contributed by atoms with Gasteiger partial charge in [-0.05, 0) is 53.4 Å². The SMILES string of the molecule is C1=CCC(n2c3ccccc3c3ccc4c(c32)N(c2cccc(N3c5ccccc5Cc5ccccc53)n2)C2C=CC=CC42)C=C1. The van der Waals surface area contributed by atoms with Gasteiger partial charge in [0.25, 0.3) is 0 Å². The van der Waals surface area contributed by atoms with Crippen LogP contribution in [0.5, 0.6) is 0 Å². The molecule has 4 aliphatic rings. The van der Waals surface area contributed by atoms with Gasteiger partial charge >= 0.3 is 0 Å². The van der Waals surface area contributed by atoms with Crippen LogP contribution in [0.15, 0.2) is 152 Å². The molecule has 220 valence electrons. The van der Waals surface area contributed by atoms with Gasteiger partial charge in [0.1, 0.15) is 11.6 Å². The lowest BCUT2D eigenvalue weighted by Crippen LogP contribution is -2.30. The van der Waals surface area contributed by atoms with E-state index in [1.54, 1.807) is 0 Å². The predicted octanol–water partition coefficient (Wildman–Crippen LogP) is 10.4. The number of hydrogen-bond donors (Lipinski definition) is 0. The molecule has 46 heavy (non-hydrogen) atoms. The van der Waals surface area contributed by atoms with Gasteiger partial charge in [-0.15, -0.1) is 0 Å².